The van der Waals surface area contributed by atoms with Crippen molar-refractivity contribution >= 4 is 16.5 Å². The van der Waals surface area contributed by atoms with E-state index in [2.05, 4.69) is 22.6 Å². The number of nitrogens with zero attached hydrogens (tertiary/aromatic N) is 1. The van der Waals surface area contributed by atoms with Crippen molar-refractivity contribution in [1.82, 2.24) is 4.98 Å². The van der Waals surface area contributed by atoms with Gasteiger partial charge in [-0.15, -0.1) is 11.3 Å². The van der Waals surface area contributed by atoms with Crippen LogP contribution in [0.25, 0.3) is 0 Å². The third-order valence-electron chi connectivity index (χ3n) is 2.04. The topological polar surface area (TPSA) is 24.9 Å². The predicted octanol–water partition coefficient (Wildman–Crippen LogP) is 2.27. The second-order valence-electron chi connectivity index (χ2n) is 3.26. The van der Waals surface area contributed by atoms with Gasteiger partial charge in [0.2, 0.25) is 0 Å². The number of hydrogen-bond donors (Lipinski definition) is 1. The van der Waals surface area contributed by atoms with Gasteiger partial charge in [-0.05, 0) is 19.3 Å². The van der Waals surface area contributed by atoms with Crippen LogP contribution in [0.15, 0.2) is 5.38 Å². The van der Waals surface area contributed by atoms with Gasteiger partial charge in [0.1, 0.15) is 0 Å². The second-order valence-corrected chi connectivity index (χ2v) is 4.12. The molecule has 0 amide bonds. The van der Waals surface area contributed by atoms with Crippen LogP contribution in [0.5, 0.6) is 0 Å². The lowest BCUT2D eigenvalue weighted by Crippen LogP contribution is -2.02. The van der Waals surface area contributed by atoms with E-state index in [1.807, 2.05) is 6.92 Å². The first kappa shape index (κ1) is 7.10. The fourth-order valence-electron chi connectivity index (χ4n) is 1.10. The van der Waals surface area contributed by atoms with Gasteiger partial charge >= 0.3 is 0 Å². The van der Waals surface area contributed by atoms with E-state index in [1.165, 1.54) is 6.42 Å². The minimum atomic E-state index is 0.695. The molecule has 0 saturated heterocycles. The number of rotatable bonds is 2. The van der Waals surface area contributed by atoms with Gasteiger partial charge in [0.05, 0.1) is 5.69 Å². The Kier molecular flexibility index (Phi) is 1.60. The van der Waals surface area contributed by atoms with Crippen molar-refractivity contribution in [1.29, 1.82) is 0 Å². The molecule has 0 spiro atoms. The van der Waals surface area contributed by atoms with E-state index in [0.29, 0.717) is 6.04 Å². The first-order chi connectivity index (χ1) is 5.25. The molecule has 0 aliphatic heterocycles. The van der Waals surface area contributed by atoms with E-state index in [1.54, 1.807) is 11.3 Å². The van der Waals surface area contributed by atoms with Crippen molar-refractivity contribution in [2.24, 2.45) is 5.92 Å². The van der Waals surface area contributed by atoms with Crippen molar-refractivity contribution < 1.29 is 0 Å². The third-order valence-corrected chi connectivity index (χ3v) is 2.93. The lowest BCUT2D eigenvalue weighted by molar-refractivity contribution is 0.927. The standard InChI is InChI=1S/C8H12N2S/c1-5-3-7(5)10-8-9-6(2)4-11-8/h4-5,7H,3H2,1-2H3,(H,9,10). The summed E-state index contributed by atoms with van der Waals surface area (Å²) in [7, 11) is 0. The minimum absolute atomic E-state index is 0.695. The summed E-state index contributed by atoms with van der Waals surface area (Å²) in [6.07, 6.45) is 1.30. The SMILES string of the molecule is Cc1csc(NC2CC2C)n1. The maximum Gasteiger partial charge on any atom is 0.183 e. The highest BCUT2D eigenvalue weighted by Crippen LogP contribution is 2.33. The normalized spacial score (nSPS) is 28.5. The highest BCUT2D eigenvalue weighted by Gasteiger charge is 2.32. The van der Waals surface area contributed by atoms with E-state index >= 15 is 0 Å². The summed E-state index contributed by atoms with van der Waals surface area (Å²) in [5.74, 6) is 0.846. The maximum atomic E-state index is 4.33. The van der Waals surface area contributed by atoms with Crippen molar-refractivity contribution in [3.8, 4) is 0 Å². The maximum absolute atomic E-state index is 4.33. The summed E-state index contributed by atoms with van der Waals surface area (Å²) in [5, 5.41) is 6.55. The highest BCUT2D eigenvalue weighted by molar-refractivity contribution is 7.13. The highest BCUT2D eigenvalue weighted by atomic mass is 32.1. The van der Waals surface area contributed by atoms with Gasteiger partial charge in [0.15, 0.2) is 5.13 Å². The van der Waals surface area contributed by atoms with Crippen molar-refractivity contribution in [3.05, 3.63) is 11.1 Å². The van der Waals surface area contributed by atoms with Crippen LogP contribution in [-0.4, -0.2) is 11.0 Å². The molecule has 1 aromatic rings. The van der Waals surface area contributed by atoms with Gasteiger partial charge in [-0.1, -0.05) is 6.92 Å². The van der Waals surface area contributed by atoms with Gasteiger partial charge in [-0.3, -0.25) is 0 Å². The van der Waals surface area contributed by atoms with E-state index in [0.717, 1.165) is 16.7 Å². The van der Waals surface area contributed by atoms with Crippen LogP contribution >= 0.6 is 11.3 Å². The molecule has 0 aromatic carbocycles. The number of anilines is 1. The van der Waals surface area contributed by atoms with Gasteiger partial charge in [0, 0.05) is 11.4 Å². The van der Waals surface area contributed by atoms with Crippen LogP contribution < -0.4 is 5.32 Å². The Morgan fingerprint density at radius 1 is 1.73 bits per heavy atom. The molecule has 2 nitrogen and oxygen atoms in total. The largest absolute Gasteiger partial charge is 0.359 e. The zero-order valence-electron chi connectivity index (χ0n) is 6.79. The summed E-state index contributed by atoms with van der Waals surface area (Å²) in [6, 6.07) is 0.695. The number of aromatic nitrogens is 1. The van der Waals surface area contributed by atoms with E-state index in [9.17, 15) is 0 Å². The Morgan fingerprint density at radius 3 is 2.91 bits per heavy atom. The molecule has 1 aliphatic carbocycles. The molecule has 1 aromatic heterocycles. The number of thiazole rings is 1. The van der Waals surface area contributed by atoms with Crippen molar-refractivity contribution in [3.63, 3.8) is 0 Å². The predicted molar refractivity (Wildman–Crippen MR) is 48.0 cm³/mol. The van der Waals surface area contributed by atoms with Crippen LogP contribution in [0.2, 0.25) is 0 Å². The lowest BCUT2D eigenvalue weighted by atomic mass is 10.5. The monoisotopic (exact) mass is 168 g/mol. The van der Waals surface area contributed by atoms with Crippen LogP contribution in [0, 0.1) is 12.8 Å². The molecule has 0 radical (unpaired) electrons. The summed E-state index contributed by atoms with van der Waals surface area (Å²) < 4.78 is 0. The molecule has 3 heteroatoms. The molecule has 60 valence electrons. The molecular weight excluding hydrogens is 156 g/mol. The molecule has 1 N–H and O–H groups in total. The molecule has 2 unspecified atom stereocenters. The summed E-state index contributed by atoms with van der Waals surface area (Å²) in [5.41, 5.74) is 1.12. The Bertz CT molecular complexity index is 256. The zero-order valence-corrected chi connectivity index (χ0v) is 7.61. The van der Waals surface area contributed by atoms with Crippen LogP contribution in [0.3, 0.4) is 0 Å². The van der Waals surface area contributed by atoms with Crippen LogP contribution in [0.1, 0.15) is 19.0 Å². The van der Waals surface area contributed by atoms with E-state index in [4.69, 9.17) is 0 Å². The summed E-state index contributed by atoms with van der Waals surface area (Å²) in [6.45, 7) is 4.29. The molecule has 2 rings (SSSR count). The van der Waals surface area contributed by atoms with E-state index in [-0.39, 0.29) is 0 Å². The van der Waals surface area contributed by atoms with Crippen molar-refractivity contribution in [2.75, 3.05) is 5.32 Å². The first-order valence-corrected chi connectivity index (χ1v) is 4.82. The third kappa shape index (κ3) is 1.53. The molecule has 1 fully saturated rings. The molecule has 11 heavy (non-hydrogen) atoms. The number of nitrogens with one attached hydrogen (secondary N) is 1. The fourth-order valence-corrected chi connectivity index (χ4v) is 1.85. The molecule has 0 bridgehead atoms. The average Bonchev–Trinajstić information content (AvgIpc) is 2.42. The van der Waals surface area contributed by atoms with Crippen molar-refractivity contribution in [2.45, 2.75) is 26.3 Å². The Hall–Kier alpha value is -0.570. The molecule has 1 heterocycles. The Balaban J connectivity index is 1.96. The molecule has 1 aliphatic rings. The Morgan fingerprint density at radius 2 is 2.45 bits per heavy atom. The van der Waals surface area contributed by atoms with Gasteiger partial charge in [0.25, 0.3) is 0 Å². The lowest BCUT2D eigenvalue weighted by Gasteiger charge is -1.96. The first-order valence-electron chi connectivity index (χ1n) is 3.94. The van der Waals surface area contributed by atoms with Gasteiger partial charge in [-0.25, -0.2) is 4.98 Å². The second kappa shape index (κ2) is 2.48. The molecular formula is C8H12N2S. The Labute approximate surface area is 70.7 Å². The average molecular weight is 168 g/mol. The minimum Gasteiger partial charge on any atom is -0.359 e. The van der Waals surface area contributed by atoms with E-state index < -0.39 is 0 Å². The number of hydrogen-bond acceptors (Lipinski definition) is 3. The molecule has 1 saturated carbocycles. The smallest absolute Gasteiger partial charge is 0.183 e. The molecule has 2 atom stereocenters. The summed E-state index contributed by atoms with van der Waals surface area (Å²) >= 11 is 1.70. The van der Waals surface area contributed by atoms with Crippen LogP contribution in [-0.2, 0) is 0 Å². The van der Waals surface area contributed by atoms with Crippen LogP contribution in [0.4, 0.5) is 5.13 Å². The zero-order chi connectivity index (χ0) is 7.84. The van der Waals surface area contributed by atoms with Gasteiger partial charge in [-0.2, -0.15) is 0 Å². The number of aryl methyl sites for hydroxylation is 1. The summed E-state index contributed by atoms with van der Waals surface area (Å²) in [4.78, 5) is 4.33. The quantitative estimate of drug-likeness (QED) is 0.732. The fraction of sp³-hybridized carbons (Fsp3) is 0.625. The van der Waals surface area contributed by atoms with Gasteiger partial charge < -0.3 is 5.32 Å².